The Morgan fingerprint density at radius 1 is 1.31 bits per heavy atom. The molecule has 0 atom stereocenters. The summed E-state index contributed by atoms with van der Waals surface area (Å²) in [5.74, 6) is 0. The van der Waals surface area contributed by atoms with Gasteiger partial charge in [0.1, 0.15) is 0 Å². The second-order valence-corrected chi connectivity index (χ2v) is 3.49. The lowest BCUT2D eigenvalue weighted by molar-refractivity contribution is 0.587. The molecule has 2 aromatic heterocycles. The summed E-state index contributed by atoms with van der Waals surface area (Å²) >= 11 is 0. The van der Waals surface area contributed by atoms with Gasteiger partial charge in [-0.3, -0.25) is 14.3 Å². The highest BCUT2D eigenvalue weighted by molar-refractivity contribution is 5.66. The van der Waals surface area contributed by atoms with Crippen LogP contribution in [-0.4, -0.2) is 19.5 Å². The number of unbranched alkanes of at least 4 members (excludes halogenated alkanes) is 1. The van der Waals surface area contributed by atoms with Crippen LogP contribution in [0.15, 0.2) is 22.0 Å². The third kappa shape index (κ3) is 1.73. The van der Waals surface area contributed by atoms with Crippen molar-refractivity contribution in [1.82, 2.24) is 19.5 Å². The SMILES string of the molecule is CCCCn1c(=O)[nH]c2nccnc2c1=O. The van der Waals surface area contributed by atoms with Crippen molar-refractivity contribution in [2.75, 3.05) is 0 Å². The van der Waals surface area contributed by atoms with Gasteiger partial charge in [0.2, 0.25) is 0 Å². The molecule has 0 saturated heterocycles. The third-order valence-electron chi connectivity index (χ3n) is 2.35. The highest BCUT2D eigenvalue weighted by atomic mass is 16.2. The summed E-state index contributed by atoms with van der Waals surface area (Å²) in [5, 5.41) is 0. The van der Waals surface area contributed by atoms with E-state index in [2.05, 4.69) is 15.0 Å². The number of nitrogens with zero attached hydrogens (tertiary/aromatic N) is 3. The minimum Gasteiger partial charge on any atom is -0.290 e. The van der Waals surface area contributed by atoms with Crippen LogP contribution in [0.1, 0.15) is 19.8 Å². The molecule has 2 rings (SSSR count). The molecule has 0 spiro atoms. The zero-order valence-corrected chi connectivity index (χ0v) is 8.93. The molecule has 16 heavy (non-hydrogen) atoms. The zero-order valence-electron chi connectivity index (χ0n) is 8.93. The summed E-state index contributed by atoms with van der Waals surface area (Å²) in [6.07, 6.45) is 4.58. The number of hydrogen-bond donors (Lipinski definition) is 1. The Balaban J connectivity index is 2.66. The topological polar surface area (TPSA) is 80.6 Å². The largest absolute Gasteiger partial charge is 0.330 e. The first-order valence-electron chi connectivity index (χ1n) is 5.18. The van der Waals surface area contributed by atoms with E-state index in [-0.39, 0.29) is 16.7 Å². The van der Waals surface area contributed by atoms with E-state index >= 15 is 0 Å². The molecular formula is C10H12N4O2. The van der Waals surface area contributed by atoms with Crippen LogP contribution in [0.4, 0.5) is 0 Å². The maximum Gasteiger partial charge on any atom is 0.330 e. The number of nitrogens with one attached hydrogen (secondary N) is 1. The molecule has 0 radical (unpaired) electrons. The zero-order chi connectivity index (χ0) is 11.5. The quantitative estimate of drug-likeness (QED) is 0.805. The Hall–Kier alpha value is -1.98. The molecule has 0 aliphatic heterocycles. The van der Waals surface area contributed by atoms with Crippen LogP contribution in [0.3, 0.4) is 0 Å². The van der Waals surface area contributed by atoms with E-state index in [1.807, 2.05) is 6.92 Å². The highest BCUT2D eigenvalue weighted by Crippen LogP contribution is 1.95. The van der Waals surface area contributed by atoms with Gasteiger partial charge in [0, 0.05) is 18.9 Å². The Morgan fingerprint density at radius 2 is 2.06 bits per heavy atom. The van der Waals surface area contributed by atoms with Crippen molar-refractivity contribution in [2.24, 2.45) is 0 Å². The van der Waals surface area contributed by atoms with E-state index in [0.717, 1.165) is 12.8 Å². The van der Waals surface area contributed by atoms with Gasteiger partial charge in [0.15, 0.2) is 11.2 Å². The van der Waals surface area contributed by atoms with Crippen molar-refractivity contribution in [3.63, 3.8) is 0 Å². The summed E-state index contributed by atoms with van der Waals surface area (Å²) in [6.45, 7) is 2.41. The number of fused-ring (bicyclic) bond motifs is 1. The fraction of sp³-hybridized carbons (Fsp3) is 0.400. The summed E-state index contributed by atoms with van der Waals surface area (Å²) < 4.78 is 1.17. The molecule has 0 bridgehead atoms. The third-order valence-corrected chi connectivity index (χ3v) is 2.35. The van der Waals surface area contributed by atoms with Gasteiger partial charge in [-0.05, 0) is 6.42 Å². The molecule has 0 aliphatic rings. The minimum atomic E-state index is -0.425. The van der Waals surface area contributed by atoms with Crippen molar-refractivity contribution in [3.8, 4) is 0 Å². The Labute approximate surface area is 91.0 Å². The van der Waals surface area contributed by atoms with E-state index in [9.17, 15) is 9.59 Å². The van der Waals surface area contributed by atoms with E-state index in [4.69, 9.17) is 0 Å². The van der Waals surface area contributed by atoms with Crippen LogP contribution >= 0.6 is 0 Å². The van der Waals surface area contributed by atoms with Crippen LogP contribution in [0.25, 0.3) is 11.2 Å². The molecule has 6 heteroatoms. The smallest absolute Gasteiger partial charge is 0.290 e. The highest BCUT2D eigenvalue weighted by Gasteiger charge is 2.07. The van der Waals surface area contributed by atoms with E-state index in [1.54, 1.807) is 0 Å². The predicted molar refractivity (Wildman–Crippen MR) is 59.3 cm³/mol. The molecule has 0 saturated carbocycles. The molecular weight excluding hydrogens is 208 g/mol. The lowest BCUT2D eigenvalue weighted by Gasteiger charge is -2.03. The van der Waals surface area contributed by atoms with Crippen LogP contribution in [0.2, 0.25) is 0 Å². The fourth-order valence-electron chi connectivity index (χ4n) is 1.49. The molecule has 0 aromatic carbocycles. The standard InChI is InChI=1S/C10H12N4O2/c1-2-3-6-14-9(15)7-8(13-10(14)16)12-5-4-11-7/h4-5H,2-3,6H2,1H3,(H,12,13,16). The first-order chi connectivity index (χ1) is 7.74. The second kappa shape index (κ2) is 4.26. The average molecular weight is 220 g/mol. The molecule has 0 amide bonds. The van der Waals surface area contributed by atoms with Gasteiger partial charge in [-0.2, -0.15) is 0 Å². The summed E-state index contributed by atoms with van der Waals surface area (Å²) in [7, 11) is 0. The molecule has 0 aliphatic carbocycles. The summed E-state index contributed by atoms with van der Waals surface area (Å²) in [6, 6.07) is 0. The maximum absolute atomic E-state index is 11.9. The minimum absolute atomic E-state index is 0.207. The van der Waals surface area contributed by atoms with Crippen LogP contribution in [0, 0.1) is 0 Å². The first-order valence-corrected chi connectivity index (χ1v) is 5.18. The normalized spacial score (nSPS) is 10.8. The van der Waals surface area contributed by atoms with Crippen molar-refractivity contribution < 1.29 is 0 Å². The van der Waals surface area contributed by atoms with Crippen molar-refractivity contribution in [3.05, 3.63) is 33.2 Å². The van der Waals surface area contributed by atoms with Crippen molar-refractivity contribution in [1.29, 1.82) is 0 Å². The van der Waals surface area contributed by atoms with Gasteiger partial charge < -0.3 is 0 Å². The summed E-state index contributed by atoms with van der Waals surface area (Å²) in [5.41, 5.74) is -0.352. The molecule has 1 N–H and O–H groups in total. The number of hydrogen-bond acceptors (Lipinski definition) is 4. The van der Waals surface area contributed by atoms with Gasteiger partial charge in [0.25, 0.3) is 5.56 Å². The lowest BCUT2D eigenvalue weighted by atomic mass is 10.3. The maximum atomic E-state index is 11.9. The van der Waals surface area contributed by atoms with Crippen molar-refractivity contribution >= 4 is 11.2 Å². The fourth-order valence-corrected chi connectivity index (χ4v) is 1.49. The average Bonchev–Trinajstić information content (AvgIpc) is 2.29. The van der Waals surface area contributed by atoms with Crippen molar-refractivity contribution in [2.45, 2.75) is 26.3 Å². The molecule has 84 valence electrons. The Bertz CT molecular complexity index is 614. The number of aromatic nitrogens is 4. The van der Waals surface area contributed by atoms with Crippen LogP contribution in [-0.2, 0) is 6.54 Å². The van der Waals surface area contributed by atoms with E-state index in [0.29, 0.717) is 6.54 Å². The first kappa shape index (κ1) is 10.5. The molecule has 6 nitrogen and oxygen atoms in total. The predicted octanol–water partition coefficient (Wildman–Crippen LogP) is 0.280. The molecule has 0 unspecified atom stereocenters. The van der Waals surface area contributed by atoms with E-state index < -0.39 is 5.69 Å². The number of aromatic amines is 1. The lowest BCUT2D eigenvalue weighted by Crippen LogP contribution is -2.35. The van der Waals surface area contributed by atoms with Gasteiger partial charge in [-0.1, -0.05) is 13.3 Å². The van der Waals surface area contributed by atoms with E-state index in [1.165, 1.54) is 17.0 Å². The Morgan fingerprint density at radius 3 is 2.81 bits per heavy atom. The van der Waals surface area contributed by atoms with Gasteiger partial charge in [0.05, 0.1) is 0 Å². The monoisotopic (exact) mass is 220 g/mol. The second-order valence-electron chi connectivity index (χ2n) is 3.49. The number of rotatable bonds is 3. The van der Waals surface area contributed by atoms with Gasteiger partial charge in [-0.15, -0.1) is 0 Å². The molecule has 0 fully saturated rings. The van der Waals surface area contributed by atoms with Gasteiger partial charge in [-0.25, -0.2) is 14.8 Å². The molecule has 2 aromatic rings. The molecule has 2 heterocycles. The van der Waals surface area contributed by atoms with Gasteiger partial charge >= 0.3 is 5.69 Å². The van der Waals surface area contributed by atoms with Crippen LogP contribution in [0.5, 0.6) is 0 Å². The summed E-state index contributed by atoms with van der Waals surface area (Å²) in [4.78, 5) is 33.9. The van der Waals surface area contributed by atoms with Crippen LogP contribution < -0.4 is 11.2 Å². The number of H-pyrrole nitrogens is 1. The Kier molecular flexibility index (Phi) is 2.80.